The summed E-state index contributed by atoms with van der Waals surface area (Å²) in [5.41, 5.74) is 0. The van der Waals surface area contributed by atoms with Crippen LogP contribution in [0.4, 0.5) is 0 Å². The number of aliphatic carboxylic acids is 1. The third-order valence-corrected chi connectivity index (χ3v) is 3.84. The van der Waals surface area contributed by atoms with E-state index in [2.05, 4.69) is 0 Å². The lowest BCUT2D eigenvalue weighted by Gasteiger charge is -2.33. The Labute approximate surface area is 89.3 Å². The van der Waals surface area contributed by atoms with Crippen LogP contribution in [-0.4, -0.2) is 34.5 Å². The number of rotatable bonds is 1. The molecule has 1 saturated heterocycles. The predicted octanol–water partition coefficient (Wildman–Crippen LogP) is 1.11. The molecule has 0 unspecified atom stereocenters. The molecule has 4 heteroatoms. The second-order valence-corrected chi connectivity index (χ2v) is 4.68. The van der Waals surface area contributed by atoms with E-state index in [1.54, 1.807) is 6.92 Å². The molecule has 1 aliphatic carbocycles. The maximum absolute atomic E-state index is 11.3. The summed E-state index contributed by atoms with van der Waals surface area (Å²) in [5, 5.41) is 8.95. The number of carbonyl (C=O) groups is 2. The third-order valence-electron chi connectivity index (χ3n) is 3.84. The lowest BCUT2D eigenvalue weighted by molar-refractivity contribution is -0.143. The van der Waals surface area contributed by atoms with E-state index in [9.17, 15) is 9.59 Å². The van der Waals surface area contributed by atoms with E-state index in [0.29, 0.717) is 12.0 Å². The molecular weight excluding hydrogens is 194 g/mol. The molecule has 1 N–H and O–H groups in total. The summed E-state index contributed by atoms with van der Waals surface area (Å²) in [7, 11) is 0. The van der Waals surface area contributed by atoms with Gasteiger partial charge in [0.1, 0.15) is 0 Å². The molecule has 1 amide bonds. The predicted molar refractivity (Wildman–Crippen MR) is 54.3 cm³/mol. The van der Waals surface area contributed by atoms with Crippen LogP contribution in [0.15, 0.2) is 0 Å². The van der Waals surface area contributed by atoms with Gasteiger partial charge in [0.2, 0.25) is 5.91 Å². The van der Waals surface area contributed by atoms with Crippen molar-refractivity contribution in [3.05, 3.63) is 0 Å². The molecule has 0 bridgehead atoms. The second-order valence-electron chi connectivity index (χ2n) is 4.68. The van der Waals surface area contributed by atoms with Crippen molar-refractivity contribution >= 4 is 11.9 Å². The van der Waals surface area contributed by atoms with Crippen molar-refractivity contribution in [2.45, 2.75) is 38.6 Å². The molecule has 0 aromatic heterocycles. The van der Waals surface area contributed by atoms with Gasteiger partial charge in [-0.15, -0.1) is 0 Å². The molecule has 1 saturated carbocycles. The standard InChI is InChI=1S/C11H17NO3/c1-7(13)12-5-4-8-6-9(11(14)15)2-3-10(8)12/h8-10H,2-6H2,1H3,(H,14,15)/t8-,9-,10+/m1/s1. The van der Waals surface area contributed by atoms with Crippen molar-refractivity contribution in [2.75, 3.05) is 6.54 Å². The Morgan fingerprint density at radius 3 is 2.60 bits per heavy atom. The first-order valence-electron chi connectivity index (χ1n) is 5.59. The fraction of sp³-hybridized carbons (Fsp3) is 0.818. The van der Waals surface area contributed by atoms with E-state index < -0.39 is 5.97 Å². The number of hydrogen-bond acceptors (Lipinski definition) is 2. The first-order valence-corrected chi connectivity index (χ1v) is 5.59. The average Bonchev–Trinajstić information content (AvgIpc) is 2.59. The van der Waals surface area contributed by atoms with Crippen LogP contribution < -0.4 is 0 Å². The van der Waals surface area contributed by atoms with Gasteiger partial charge in [0, 0.05) is 19.5 Å². The minimum Gasteiger partial charge on any atom is -0.481 e. The minimum absolute atomic E-state index is 0.135. The Bertz CT molecular complexity index is 290. The molecule has 2 aliphatic rings. The van der Waals surface area contributed by atoms with Gasteiger partial charge in [0.15, 0.2) is 0 Å². The Morgan fingerprint density at radius 2 is 2.00 bits per heavy atom. The molecule has 84 valence electrons. The summed E-state index contributed by atoms with van der Waals surface area (Å²) in [4.78, 5) is 24.1. The molecule has 0 aromatic carbocycles. The van der Waals surface area contributed by atoms with Gasteiger partial charge >= 0.3 is 5.97 Å². The third kappa shape index (κ3) is 1.85. The fourth-order valence-corrected chi connectivity index (χ4v) is 3.05. The molecule has 2 fully saturated rings. The maximum Gasteiger partial charge on any atom is 0.306 e. The van der Waals surface area contributed by atoms with Crippen LogP contribution in [0.25, 0.3) is 0 Å². The molecule has 15 heavy (non-hydrogen) atoms. The van der Waals surface area contributed by atoms with Gasteiger partial charge in [-0.2, -0.15) is 0 Å². The number of fused-ring (bicyclic) bond motifs is 1. The van der Waals surface area contributed by atoms with Gasteiger partial charge in [-0.3, -0.25) is 9.59 Å². The van der Waals surface area contributed by atoms with Crippen molar-refractivity contribution in [1.82, 2.24) is 4.90 Å². The summed E-state index contributed by atoms with van der Waals surface area (Å²) in [5.74, 6) is -0.298. The van der Waals surface area contributed by atoms with Crippen LogP contribution in [0.3, 0.4) is 0 Å². The zero-order valence-corrected chi connectivity index (χ0v) is 8.98. The molecule has 0 aromatic rings. The second kappa shape index (κ2) is 3.83. The van der Waals surface area contributed by atoms with E-state index in [1.165, 1.54) is 0 Å². The average molecular weight is 211 g/mol. The van der Waals surface area contributed by atoms with Crippen molar-refractivity contribution in [2.24, 2.45) is 11.8 Å². The Kier molecular flexibility index (Phi) is 2.67. The fourth-order valence-electron chi connectivity index (χ4n) is 3.05. The Hall–Kier alpha value is -1.06. The molecule has 1 aliphatic heterocycles. The van der Waals surface area contributed by atoms with Crippen LogP contribution in [-0.2, 0) is 9.59 Å². The van der Waals surface area contributed by atoms with Crippen LogP contribution in [0.1, 0.15) is 32.6 Å². The summed E-state index contributed by atoms with van der Waals surface area (Å²) < 4.78 is 0. The first kappa shape index (κ1) is 10.5. The largest absolute Gasteiger partial charge is 0.481 e. The zero-order chi connectivity index (χ0) is 11.0. The number of carboxylic acid groups (broad SMARTS) is 1. The number of hydrogen-bond donors (Lipinski definition) is 1. The van der Waals surface area contributed by atoms with E-state index in [1.807, 2.05) is 4.90 Å². The van der Waals surface area contributed by atoms with Crippen LogP contribution in [0.5, 0.6) is 0 Å². The van der Waals surface area contributed by atoms with E-state index in [4.69, 9.17) is 5.11 Å². The SMILES string of the molecule is CC(=O)N1CC[C@@H]2C[C@H](C(=O)O)CC[C@@H]21. The number of carbonyl (C=O) groups excluding carboxylic acids is 1. The molecule has 0 spiro atoms. The van der Waals surface area contributed by atoms with E-state index in [-0.39, 0.29) is 11.8 Å². The van der Waals surface area contributed by atoms with Crippen molar-refractivity contribution < 1.29 is 14.7 Å². The summed E-state index contributed by atoms with van der Waals surface area (Å²) in [6.07, 6.45) is 3.32. The molecule has 0 radical (unpaired) electrons. The quantitative estimate of drug-likeness (QED) is 0.706. The topological polar surface area (TPSA) is 57.6 Å². The van der Waals surface area contributed by atoms with Gasteiger partial charge < -0.3 is 10.0 Å². The lowest BCUT2D eigenvalue weighted by Crippen LogP contribution is -2.40. The first-order chi connectivity index (χ1) is 7.09. The summed E-state index contributed by atoms with van der Waals surface area (Å²) >= 11 is 0. The zero-order valence-electron chi connectivity index (χ0n) is 8.98. The van der Waals surface area contributed by atoms with Gasteiger partial charge in [-0.05, 0) is 31.6 Å². The van der Waals surface area contributed by atoms with Gasteiger partial charge in [-0.25, -0.2) is 0 Å². The molecular formula is C11H17NO3. The number of carboxylic acids is 1. The smallest absolute Gasteiger partial charge is 0.306 e. The highest BCUT2D eigenvalue weighted by molar-refractivity contribution is 5.74. The molecule has 2 rings (SSSR count). The van der Waals surface area contributed by atoms with Gasteiger partial charge in [0.25, 0.3) is 0 Å². The van der Waals surface area contributed by atoms with Gasteiger partial charge in [-0.1, -0.05) is 0 Å². The Morgan fingerprint density at radius 1 is 1.27 bits per heavy atom. The van der Waals surface area contributed by atoms with Gasteiger partial charge in [0.05, 0.1) is 5.92 Å². The lowest BCUT2D eigenvalue weighted by atomic mass is 9.78. The maximum atomic E-state index is 11.3. The molecule has 3 atom stereocenters. The normalized spacial score (nSPS) is 35.0. The highest BCUT2D eigenvalue weighted by Crippen LogP contribution is 2.38. The van der Waals surface area contributed by atoms with Crippen molar-refractivity contribution in [3.8, 4) is 0 Å². The Balaban J connectivity index is 2.02. The molecule has 4 nitrogen and oxygen atoms in total. The number of nitrogens with zero attached hydrogens (tertiary/aromatic N) is 1. The monoisotopic (exact) mass is 211 g/mol. The number of amides is 1. The summed E-state index contributed by atoms with van der Waals surface area (Å²) in [6.45, 7) is 2.42. The van der Waals surface area contributed by atoms with E-state index in [0.717, 1.165) is 32.2 Å². The highest BCUT2D eigenvalue weighted by atomic mass is 16.4. The van der Waals surface area contributed by atoms with Crippen molar-refractivity contribution in [1.29, 1.82) is 0 Å². The summed E-state index contributed by atoms with van der Waals surface area (Å²) in [6, 6.07) is 0.318. The van der Waals surface area contributed by atoms with Crippen LogP contribution >= 0.6 is 0 Å². The number of likely N-dealkylation sites (tertiary alicyclic amines) is 1. The van der Waals surface area contributed by atoms with Crippen molar-refractivity contribution in [3.63, 3.8) is 0 Å². The van der Waals surface area contributed by atoms with Crippen LogP contribution in [0.2, 0.25) is 0 Å². The molecule has 1 heterocycles. The minimum atomic E-state index is -0.672. The van der Waals surface area contributed by atoms with E-state index >= 15 is 0 Å². The van der Waals surface area contributed by atoms with Crippen LogP contribution in [0, 0.1) is 11.8 Å². The highest BCUT2D eigenvalue weighted by Gasteiger charge is 2.41.